The summed E-state index contributed by atoms with van der Waals surface area (Å²) < 4.78 is 0. The second-order valence-corrected chi connectivity index (χ2v) is 6.29. The van der Waals surface area contributed by atoms with Crippen LogP contribution in [0, 0.1) is 6.92 Å². The molecular formula is C16H22N2O2. The van der Waals surface area contributed by atoms with Crippen LogP contribution in [0.15, 0.2) is 18.2 Å². The molecule has 20 heavy (non-hydrogen) atoms. The van der Waals surface area contributed by atoms with Crippen LogP contribution in [-0.2, 0) is 11.2 Å². The average Bonchev–Trinajstić information content (AvgIpc) is 2.81. The van der Waals surface area contributed by atoms with E-state index >= 15 is 0 Å². The van der Waals surface area contributed by atoms with Crippen LogP contribution in [0.3, 0.4) is 0 Å². The molecule has 0 spiro atoms. The van der Waals surface area contributed by atoms with Crippen LogP contribution < -0.4 is 10.6 Å². The van der Waals surface area contributed by atoms with Crippen LogP contribution in [0.2, 0.25) is 0 Å². The van der Waals surface area contributed by atoms with Crippen LogP contribution >= 0.6 is 0 Å². The minimum absolute atomic E-state index is 0.262. The molecule has 4 heteroatoms. The minimum Gasteiger partial charge on any atom is -0.480 e. The maximum atomic E-state index is 11.3. The van der Waals surface area contributed by atoms with E-state index in [1.165, 1.54) is 16.8 Å². The number of benzene rings is 1. The number of carbonyl (C=O) groups is 1. The van der Waals surface area contributed by atoms with Gasteiger partial charge in [-0.05, 0) is 50.7 Å². The lowest BCUT2D eigenvalue weighted by Gasteiger charge is -2.37. The van der Waals surface area contributed by atoms with Gasteiger partial charge < -0.3 is 15.7 Å². The van der Waals surface area contributed by atoms with E-state index < -0.39 is 11.5 Å². The molecule has 0 aromatic heterocycles. The van der Waals surface area contributed by atoms with Gasteiger partial charge in [0.15, 0.2) is 0 Å². The number of nitrogens with zero attached hydrogens (tertiary/aromatic N) is 1. The summed E-state index contributed by atoms with van der Waals surface area (Å²) in [5, 5.41) is 9.28. The fourth-order valence-corrected chi connectivity index (χ4v) is 3.64. The van der Waals surface area contributed by atoms with Crippen molar-refractivity contribution in [3.8, 4) is 0 Å². The van der Waals surface area contributed by atoms with E-state index in [4.69, 9.17) is 5.73 Å². The molecule has 2 atom stereocenters. The summed E-state index contributed by atoms with van der Waals surface area (Å²) in [6.07, 6.45) is 4.25. The molecule has 3 rings (SSSR count). The number of hydrogen-bond donors (Lipinski definition) is 2. The van der Waals surface area contributed by atoms with Gasteiger partial charge >= 0.3 is 5.97 Å². The van der Waals surface area contributed by atoms with Crippen LogP contribution in [-0.4, -0.2) is 29.2 Å². The Morgan fingerprint density at radius 2 is 2.30 bits per heavy atom. The summed E-state index contributed by atoms with van der Waals surface area (Å²) >= 11 is 0. The Morgan fingerprint density at radius 1 is 1.50 bits per heavy atom. The van der Waals surface area contributed by atoms with Crippen molar-refractivity contribution < 1.29 is 9.90 Å². The van der Waals surface area contributed by atoms with Gasteiger partial charge in [0.25, 0.3) is 0 Å². The van der Waals surface area contributed by atoms with Gasteiger partial charge in [-0.15, -0.1) is 0 Å². The number of aryl methyl sites for hydroxylation is 2. The Bertz CT molecular complexity index is 543. The lowest BCUT2D eigenvalue weighted by molar-refractivity contribution is -0.143. The maximum absolute atomic E-state index is 11.3. The largest absolute Gasteiger partial charge is 0.480 e. The van der Waals surface area contributed by atoms with E-state index in [0.717, 1.165) is 25.8 Å². The quantitative estimate of drug-likeness (QED) is 0.866. The van der Waals surface area contributed by atoms with Gasteiger partial charge in [-0.25, -0.2) is 0 Å². The molecule has 2 unspecified atom stereocenters. The van der Waals surface area contributed by atoms with E-state index in [9.17, 15) is 9.90 Å². The number of anilines is 1. The highest BCUT2D eigenvalue weighted by Crippen LogP contribution is 2.37. The molecular weight excluding hydrogens is 252 g/mol. The molecule has 4 nitrogen and oxygen atoms in total. The van der Waals surface area contributed by atoms with Crippen molar-refractivity contribution in [2.45, 2.75) is 50.6 Å². The summed E-state index contributed by atoms with van der Waals surface area (Å²) in [5.74, 6) is -0.860. The van der Waals surface area contributed by atoms with Crippen molar-refractivity contribution in [3.63, 3.8) is 0 Å². The Balaban J connectivity index is 1.85. The minimum atomic E-state index is -1.03. The van der Waals surface area contributed by atoms with Crippen molar-refractivity contribution in [3.05, 3.63) is 29.3 Å². The SMILES string of the molecule is Cc1ccc2c(c1)CCCN2C1CCC(N)(C(=O)O)C1. The molecule has 0 amide bonds. The smallest absolute Gasteiger partial charge is 0.323 e. The van der Waals surface area contributed by atoms with Gasteiger partial charge in [0, 0.05) is 18.3 Å². The predicted molar refractivity (Wildman–Crippen MR) is 79.0 cm³/mol. The Labute approximate surface area is 119 Å². The second-order valence-electron chi connectivity index (χ2n) is 6.29. The highest BCUT2D eigenvalue weighted by molar-refractivity contribution is 5.79. The third-order valence-electron chi connectivity index (χ3n) is 4.78. The normalized spacial score (nSPS) is 29.3. The molecule has 1 aromatic carbocycles. The molecule has 1 heterocycles. The zero-order chi connectivity index (χ0) is 14.3. The van der Waals surface area contributed by atoms with Gasteiger partial charge in [-0.2, -0.15) is 0 Å². The summed E-state index contributed by atoms with van der Waals surface area (Å²) in [7, 11) is 0. The van der Waals surface area contributed by atoms with Crippen molar-refractivity contribution in [1.29, 1.82) is 0 Å². The van der Waals surface area contributed by atoms with Crippen LogP contribution in [0.4, 0.5) is 5.69 Å². The number of carboxylic acids is 1. The molecule has 108 valence electrons. The van der Waals surface area contributed by atoms with Gasteiger partial charge in [0.2, 0.25) is 0 Å². The maximum Gasteiger partial charge on any atom is 0.323 e. The van der Waals surface area contributed by atoms with Crippen LogP contribution in [0.5, 0.6) is 0 Å². The molecule has 1 aliphatic heterocycles. The van der Waals surface area contributed by atoms with E-state index in [0.29, 0.717) is 12.8 Å². The van der Waals surface area contributed by atoms with Crippen LogP contribution in [0.1, 0.15) is 36.8 Å². The number of nitrogens with two attached hydrogens (primary N) is 1. The highest BCUT2D eigenvalue weighted by Gasteiger charge is 2.44. The molecule has 1 fully saturated rings. The first-order valence-electron chi connectivity index (χ1n) is 7.38. The fourth-order valence-electron chi connectivity index (χ4n) is 3.64. The predicted octanol–water partition coefficient (Wildman–Crippen LogP) is 2.08. The van der Waals surface area contributed by atoms with E-state index in [1.807, 2.05) is 0 Å². The summed E-state index contributed by atoms with van der Waals surface area (Å²) in [5.41, 5.74) is 8.94. The number of hydrogen-bond acceptors (Lipinski definition) is 3. The first-order chi connectivity index (χ1) is 9.49. The summed E-state index contributed by atoms with van der Waals surface area (Å²) in [6.45, 7) is 3.13. The molecule has 1 aromatic rings. The average molecular weight is 274 g/mol. The van der Waals surface area contributed by atoms with E-state index in [1.54, 1.807) is 0 Å². The van der Waals surface area contributed by atoms with Crippen molar-refractivity contribution >= 4 is 11.7 Å². The molecule has 2 aliphatic rings. The Kier molecular flexibility index (Phi) is 3.21. The second kappa shape index (κ2) is 4.77. The standard InChI is InChI=1S/C16H22N2O2/c1-11-4-5-14-12(9-11)3-2-8-18(14)13-6-7-16(17,10-13)15(19)20/h4-5,9,13H,2-3,6-8,10,17H2,1H3,(H,19,20). The van der Waals surface area contributed by atoms with Gasteiger partial charge in [-0.3, -0.25) is 4.79 Å². The number of aliphatic carboxylic acids is 1. The lowest BCUT2D eigenvalue weighted by atomic mass is 9.96. The number of fused-ring (bicyclic) bond motifs is 1. The fraction of sp³-hybridized carbons (Fsp3) is 0.562. The summed E-state index contributed by atoms with van der Waals surface area (Å²) in [4.78, 5) is 13.7. The first kappa shape index (κ1) is 13.4. The molecule has 0 bridgehead atoms. The van der Waals surface area contributed by atoms with Crippen molar-refractivity contribution in [1.82, 2.24) is 0 Å². The molecule has 1 aliphatic carbocycles. The topological polar surface area (TPSA) is 66.6 Å². The monoisotopic (exact) mass is 274 g/mol. The lowest BCUT2D eigenvalue weighted by Crippen LogP contribution is -2.48. The zero-order valence-corrected chi connectivity index (χ0v) is 11.9. The number of carboxylic acid groups (broad SMARTS) is 1. The summed E-state index contributed by atoms with van der Waals surface area (Å²) in [6, 6.07) is 6.83. The van der Waals surface area contributed by atoms with Crippen molar-refractivity contribution in [2.75, 3.05) is 11.4 Å². The molecule has 0 radical (unpaired) electrons. The third kappa shape index (κ3) is 2.18. The van der Waals surface area contributed by atoms with Gasteiger partial charge in [-0.1, -0.05) is 17.7 Å². The van der Waals surface area contributed by atoms with Gasteiger partial charge in [0.05, 0.1) is 0 Å². The third-order valence-corrected chi connectivity index (χ3v) is 4.78. The Morgan fingerprint density at radius 3 is 3.00 bits per heavy atom. The van der Waals surface area contributed by atoms with Crippen LogP contribution in [0.25, 0.3) is 0 Å². The molecule has 0 saturated heterocycles. The highest BCUT2D eigenvalue weighted by atomic mass is 16.4. The van der Waals surface area contributed by atoms with Gasteiger partial charge in [0.1, 0.15) is 5.54 Å². The molecule has 1 saturated carbocycles. The Hall–Kier alpha value is -1.55. The molecule has 3 N–H and O–H groups in total. The van der Waals surface area contributed by atoms with E-state index in [-0.39, 0.29) is 6.04 Å². The van der Waals surface area contributed by atoms with Crippen molar-refractivity contribution in [2.24, 2.45) is 5.73 Å². The van der Waals surface area contributed by atoms with E-state index in [2.05, 4.69) is 30.0 Å². The first-order valence-corrected chi connectivity index (χ1v) is 7.38. The zero-order valence-electron chi connectivity index (χ0n) is 11.9. The number of rotatable bonds is 2.